The summed E-state index contributed by atoms with van der Waals surface area (Å²) in [6.07, 6.45) is 0.557. The number of hydrogen-bond acceptors (Lipinski definition) is 3. The molecule has 1 heterocycles. The van der Waals surface area contributed by atoms with E-state index in [1.54, 1.807) is 7.11 Å². The summed E-state index contributed by atoms with van der Waals surface area (Å²) in [5.74, 6) is 0.160. The highest BCUT2D eigenvalue weighted by molar-refractivity contribution is 5.98. The first-order chi connectivity index (χ1) is 11.1. The Bertz CT molecular complexity index is 649. The summed E-state index contributed by atoms with van der Waals surface area (Å²) in [5, 5.41) is 13.3. The zero-order valence-electron chi connectivity index (χ0n) is 14.1. The molecule has 5 heteroatoms. The van der Waals surface area contributed by atoms with Crippen molar-refractivity contribution in [1.29, 1.82) is 0 Å². The van der Waals surface area contributed by atoms with Crippen molar-refractivity contribution >= 4 is 16.8 Å². The SMILES string of the molecule is COCCn1c(C(=O)NC(CCO)C(C)C)cc2ccccc21. The minimum Gasteiger partial charge on any atom is -0.396 e. The van der Waals surface area contributed by atoms with Gasteiger partial charge in [-0.1, -0.05) is 32.0 Å². The van der Waals surface area contributed by atoms with Gasteiger partial charge in [0.2, 0.25) is 0 Å². The van der Waals surface area contributed by atoms with E-state index >= 15 is 0 Å². The van der Waals surface area contributed by atoms with Crippen LogP contribution in [0.3, 0.4) is 0 Å². The van der Waals surface area contributed by atoms with Crippen molar-refractivity contribution in [3.05, 3.63) is 36.0 Å². The van der Waals surface area contributed by atoms with Crippen LogP contribution in [0.5, 0.6) is 0 Å². The molecule has 2 N–H and O–H groups in total. The second kappa shape index (κ2) is 8.13. The van der Waals surface area contributed by atoms with Crippen molar-refractivity contribution < 1.29 is 14.6 Å². The van der Waals surface area contributed by atoms with Gasteiger partial charge in [0.15, 0.2) is 0 Å². The van der Waals surface area contributed by atoms with Gasteiger partial charge in [-0.3, -0.25) is 4.79 Å². The third kappa shape index (κ3) is 4.12. The molecule has 0 saturated heterocycles. The standard InChI is InChI=1S/C18H26N2O3/c1-13(2)15(8-10-21)19-18(22)17-12-14-6-4-5-7-16(14)20(17)9-11-23-3/h4-7,12-13,15,21H,8-11H2,1-3H3,(H,19,22). The molecule has 2 rings (SSSR count). The minimum atomic E-state index is -0.107. The minimum absolute atomic E-state index is 0.0404. The second-order valence-corrected chi connectivity index (χ2v) is 6.07. The predicted octanol–water partition coefficient (Wildman–Crippen LogP) is 2.42. The van der Waals surface area contributed by atoms with Crippen LogP contribution in [0, 0.1) is 5.92 Å². The fraction of sp³-hybridized carbons (Fsp3) is 0.500. The van der Waals surface area contributed by atoms with E-state index in [1.807, 2.05) is 48.7 Å². The smallest absolute Gasteiger partial charge is 0.268 e. The van der Waals surface area contributed by atoms with Gasteiger partial charge in [0.05, 0.1) is 6.61 Å². The maximum Gasteiger partial charge on any atom is 0.268 e. The van der Waals surface area contributed by atoms with Gasteiger partial charge in [-0.05, 0) is 24.5 Å². The van der Waals surface area contributed by atoms with E-state index < -0.39 is 0 Å². The number of benzene rings is 1. The molecule has 23 heavy (non-hydrogen) atoms. The molecule has 0 bridgehead atoms. The van der Waals surface area contributed by atoms with Crippen molar-refractivity contribution in [3.63, 3.8) is 0 Å². The molecule has 1 amide bonds. The third-order valence-electron chi connectivity index (χ3n) is 4.12. The largest absolute Gasteiger partial charge is 0.396 e. The number of nitrogens with zero attached hydrogens (tertiary/aromatic N) is 1. The molecule has 5 nitrogen and oxygen atoms in total. The summed E-state index contributed by atoms with van der Waals surface area (Å²) >= 11 is 0. The van der Waals surface area contributed by atoms with E-state index in [4.69, 9.17) is 4.74 Å². The Kier molecular flexibility index (Phi) is 6.19. The summed E-state index contributed by atoms with van der Waals surface area (Å²) < 4.78 is 7.16. The van der Waals surface area contributed by atoms with Gasteiger partial charge in [0.25, 0.3) is 5.91 Å². The number of amides is 1. The van der Waals surface area contributed by atoms with E-state index in [1.165, 1.54) is 0 Å². The Balaban J connectivity index is 2.31. The van der Waals surface area contributed by atoms with Gasteiger partial charge in [0, 0.05) is 37.2 Å². The number of ether oxygens (including phenoxy) is 1. The maximum atomic E-state index is 12.7. The van der Waals surface area contributed by atoms with Gasteiger partial charge in [-0.2, -0.15) is 0 Å². The highest BCUT2D eigenvalue weighted by atomic mass is 16.5. The number of aliphatic hydroxyl groups excluding tert-OH is 1. The van der Waals surface area contributed by atoms with Crippen LogP contribution >= 0.6 is 0 Å². The summed E-state index contributed by atoms with van der Waals surface area (Å²) in [5.41, 5.74) is 1.66. The number of aromatic nitrogens is 1. The molecule has 1 unspecified atom stereocenters. The Morgan fingerprint density at radius 1 is 1.35 bits per heavy atom. The highest BCUT2D eigenvalue weighted by Crippen LogP contribution is 2.20. The van der Waals surface area contributed by atoms with Crippen molar-refractivity contribution in [2.24, 2.45) is 5.92 Å². The first-order valence-corrected chi connectivity index (χ1v) is 8.07. The van der Waals surface area contributed by atoms with Crippen molar-refractivity contribution in [2.75, 3.05) is 20.3 Å². The van der Waals surface area contributed by atoms with Crippen LogP contribution in [0.1, 0.15) is 30.8 Å². The lowest BCUT2D eigenvalue weighted by Crippen LogP contribution is -2.40. The number of fused-ring (bicyclic) bond motifs is 1. The molecule has 1 aromatic heterocycles. The average Bonchev–Trinajstić information content (AvgIpc) is 2.91. The van der Waals surface area contributed by atoms with Crippen LogP contribution in [0.15, 0.2) is 30.3 Å². The summed E-state index contributed by atoms with van der Waals surface area (Å²) in [6.45, 7) is 5.32. The summed E-state index contributed by atoms with van der Waals surface area (Å²) in [7, 11) is 1.65. The van der Waals surface area contributed by atoms with Gasteiger partial charge in [0.1, 0.15) is 5.69 Å². The molecule has 126 valence electrons. The molecule has 0 aliphatic heterocycles. The molecular weight excluding hydrogens is 292 g/mol. The Morgan fingerprint density at radius 2 is 2.09 bits per heavy atom. The molecule has 0 aliphatic rings. The van der Waals surface area contributed by atoms with Crippen LogP contribution in [0.4, 0.5) is 0 Å². The molecule has 2 aromatic rings. The zero-order valence-corrected chi connectivity index (χ0v) is 14.1. The van der Waals surface area contributed by atoms with E-state index in [2.05, 4.69) is 5.32 Å². The predicted molar refractivity (Wildman–Crippen MR) is 91.6 cm³/mol. The highest BCUT2D eigenvalue weighted by Gasteiger charge is 2.20. The van der Waals surface area contributed by atoms with Crippen LogP contribution in [-0.4, -0.2) is 41.9 Å². The first kappa shape index (κ1) is 17.5. The molecule has 0 saturated carbocycles. The van der Waals surface area contributed by atoms with Gasteiger partial charge in [-0.15, -0.1) is 0 Å². The van der Waals surface area contributed by atoms with E-state index in [0.29, 0.717) is 25.3 Å². The lowest BCUT2D eigenvalue weighted by molar-refractivity contribution is 0.0905. The maximum absolute atomic E-state index is 12.7. The summed E-state index contributed by atoms with van der Waals surface area (Å²) in [6, 6.07) is 9.82. The van der Waals surface area contributed by atoms with Crippen LogP contribution in [0.25, 0.3) is 10.9 Å². The number of para-hydroxylation sites is 1. The average molecular weight is 318 g/mol. The number of hydrogen-bond donors (Lipinski definition) is 2. The van der Waals surface area contributed by atoms with Crippen molar-refractivity contribution in [3.8, 4) is 0 Å². The van der Waals surface area contributed by atoms with E-state index in [0.717, 1.165) is 10.9 Å². The molecule has 0 radical (unpaired) electrons. The van der Waals surface area contributed by atoms with Gasteiger partial charge < -0.3 is 19.7 Å². The van der Waals surface area contributed by atoms with Gasteiger partial charge in [-0.25, -0.2) is 0 Å². The number of methoxy groups -OCH3 is 1. The number of nitrogens with one attached hydrogen (secondary N) is 1. The number of aliphatic hydroxyl groups is 1. The van der Waals surface area contributed by atoms with Crippen LogP contribution in [0.2, 0.25) is 0 Å². The molecule has 1 aromatic carbocycles. The lowest BCUT2D eigenvalue weighted by Gasteiger charge is -2.22. The zero-order chi connectivity index (χ0) is 16.8. The van der Waals surface area contributed by atoms with Gasteiger partial charge >= 0.3 is 0 Å². The quantitative estimate of drug-likeness (QED) is 0.786. The molecule has 0 fully saturated rings. The van der Waals surface area contributed by atoms with Crippen LogP contribution < -0.4 is 5.32 Å². The number of carbonyl (C=O) groups is 1. The second-order valence-electron chi connectivity index (χ2n) is 6.07. The van der Waals surface area contributed by atoms with E-state index in [9.17, 15) is 9.90 Å². The third-order valence-corrected chi connectivity index (χ3v) is 4.12. The van der Waals surface area contributed by atoms with E-state index in [-0.39, 0.29) is 24.5 Å². The number of carbonyl (C=O) groups excluding carboxylic acids is 1. The molecule has 0 spiro atoms. The monoisotopic (exact) mass is 318 g/mol. The lowest BCUT2D eigenvalue weighted by atomic mass is 10.0. The van der Waals surface area contributed by atoms with Crippen molar-refractivity contribution in [1.82, 2.24) is 9.88 Å². The fourth-order valence-electron chi connectivity index (χ4n) is 2.78. The molecular formula is C18H26N2O3. The Morgan fingerprint density at radius 3 is 2.74 bits per heavy atom. The fourth-order valence-corrected chi connectivity index (χ4v) is 2.78. The van der Waals surface area contributed by atoms with Crippen LogP contribution in [-0.2, 0) is 11.3 Å². The number of rotatable bonds is 8. The Labute approximate surface area is 137 Å². The molecule has 0 aliphatic carbocycles. The van der Waals surface area contributed by atoms with Crippen molar-refractivity contribution in [2.45, 2.75) is 32.9 Å². The molecule has 1 atom stereocenters. The first-order valence-electron chi connectivity index (χ1n) is 8.07. The topological polar surface area (TPSA) is 63.5 Å². The Hall–Kier alpha value is -1.85. The normalized spacial score (nSPS) is 12.7. The summed E-state index contributed by atoms with van der Waals surface area (Å²) in [4.78, 5) is 12.7.